The number of aryl methyl sites for hydroxylation is 2. The second-order valence-corrected chi connectivity index (χ2v) is 8.63. The van der Waals surface area contributed by atoms with Crippen molar-refractivity contribution in [2.75, 3.05) is 13.7 Å². The van der Waals surface area contributed by atoms with Gasteiger partial charge in [-0.25, -0.2) is 4.79 Å². The first-order valence-corrected chi connectivity index (χ1v) is 10.3. The predicted molar refractivity (Wildman–Crippen MR) is 111 cm³/mol. The van der Waals surface area contributed by atoms with Crippen LogP contribution in [0.2, 0.25) is 0 Å². The van der Waals surface area contributed by atoms with Gasteiger partial charge in [-0.3, -0.25) is 4.79 Å². The Morgan fingerprint density at radius 3 is 2.66 bits per heavy atom. The Balaban J connectivity index is 1.69. The van der Waals surface area contributed by atoms with Gasteiger partial charge in [-0.2, -0.15) is 5.26 Å². The second-order valence-electron chi connectivity index (χ2n) is 7.58. The average Bonchev–Trinajstić information content (AvgIpc) is 3.16. The van der Waals surface area contributed by atoms with E-state index in [4.69, 9.17) is 9.47 Å². The number of hydrogen-bond donors (Lipinski definition) is 1. The Morgan fingerprint density at radius 2 is 2.00 bits per heavy atom. The van der Waals surface area contributed by atoms with Crippen molar-refractivity contribution in [3.8, 4) is 22.3 Å². The van der Waals surface area contributed by atoms with Crippen LogP contribution < -0.4 is 10.1 Å². The number of amides is 1. The molecule has 0 aliphatic heterocycles. The van der Waals surface area contributed by atoms with Gasteiger partial charge in [0.1, 0.15) is 16.2 Å². The first-order valence-electron chi connectivity index (χ1n) is 9.46. The predicted octanol–water partition coefficient (Wildman–Crippen LogP) is 3.73. The van der Waals surface area contributed by atoms with E-state index in [0.717, 1.165) is 34.6 Å². The Morgan fingerprint density at radius 1 is 1.28 bits per heavy atom. The molecule has 1 aliphatic rings. The summed E-state index contributed by atoms with van der Waals surface area (Å²) in [5, 5.41) is 11.9. The number of esters is 1. The maximum Gasteiger partial charge on any atom is 0.348 e. The van der Waals surface area contributed by atoms with E-state index in [1.54, 1.807) is 14.0 Å². The Bertz CT molecular complexity index is 989. The highest BCUT2D eigenvalue weighted by Gasteiger charge is 2.30. The Hall–Kier alpha value is -2.85. The van der Waals surface area contributed by atoms with E-state index in [9.17, 15) is 14.9 Å². The van der Waals surface area contributed by atoms with Crippen molar-refractivity contribution in [3.05, 3.63) is 40.3 Å². The molecule has 152 valence electrons. The fraction of sp³-hybridized carbons (Fsp3) is 0.409. The van der Waals surface area contributed by atoms with Crippen molar-refractivity contribution in [3.63, 3.8) is 0 Å². The Kier molecular flexibility index (Phi) is 5.94. The number of benzene rings is 1. The zero-order valence-corrected chi connectivity index (χ0v) is 17.8. The summed E-state index contributed by atoms with van der Waals surface area (Å²) in [6.45, 7) is 4.93. The summed E-state index contributed by atoms with van der Waals surface area (Å²) in [5.74, 6) is -0.275. The number of carbonyl (C=O) groups excluding carboxylic acids is 2. The third kappa shape index (κ3) is 4.28. The van der Waals surface area contributed by atoms with Crippen molar-refractivity contribution >= 4 is 23.2 Å². The average molecular weight is 413 g/mol. The standard InChI is InChI=1S/C22H24N2O4S/c1-13(2)22(3,12-23)24-19(25)11-28-21(26)18-10-15-6-5-14-9-16(27-4)7-8-17(14)20(15)29-18/h7-10,13H,5-6,11H2,1-4H3,(H,24,25)/t22-/m1/s1. The first-order chi connectivity index (χ1) is 13.8. The molecular weight excluding hydrogens is 388 g/mol. The molecule has 2 aromatic rings. The van der Waals surface area contributed by atoms with Crippen molar-refractivity contribution in [1.82, 2.24) is 5.32 Å². The number of methoxy groups -OCH3 is 1. The summed E-state index contributed by atoms with van der Waals surface area (Å²) >= 11 is 1.37. The lowest BCUT2D eigenvalue weighted by atomic mass is 9.90. The van der Waals surface area contributed by atoms with Gasteiger partial charge in [0.05, 0.1) is 13.2 Å². The van der Waals surface area contributed by atoms with Gasteiger partial charge in [-0.05, 0) is 66.6 Å². The molecule has 1 aromatic heterocycles. The van der Waals surface area contributed by atoms with Gasteiger partial charge in [0, 0.05) is 4.88 Å². The molecule has 1 aromatic carbocycles. The first kappa shape index (κ1) is 20.9. The molecule has 3 rings (SSSR count). The minimum atomic E-state index is -1.00. The minimum absolute atomic E-state index is 0.0742. The molecule has 0 bridgehead atoms. The number of nitriles is 1. The summed E-state index contributed by atoms with van der Waals surface area (Å²) in [7, 11) is 1.64. The van der Waals surface area contributed by atoms with Crippen molar-refractivity contribution in [2.24, 2.45) is 5.92 Å². The molecule has 7 heteroatoms. The molecule has 1 aliphatic carbocycles. The van der Waals surface area contributed by atoms with Gasteiger partial charge in [0.2, 0.25) is 0 Å². The lowest BCUT2D eigenvalue weighted by molar-refractivity contribution is -0.125. The van der Waals surface area contributed by atoms with Crippen LogP contribution in [0.5, 0.6) is 5.75 Å². The van der Waals surface area contributed by atoms with Crippen LogP contribution in [-0.4, -0.2) is 31.1 Å². The topological polar surface area (TPSA) is 88.4 Å². The number of hydrogen-bond acceptors (Lipinski definition) is 6. The molecule has 6 nitrogen and oxygen atoms in total. The van der Waals surface area contributed by atoms with E-state index < -0.39 is 24.0 Å². The van der Waals surface area contributed by atoms with E-state index in [-0.39, 0.29) is 5.92 Å². The van der Waals surface area contributed by atoms with Crippen LogP contribution >= 0.6 is 11.3 Å². The highest BCUT2D eigenvalue weighted by Crippen LogP contribution is 2.41. The molecule has 1 N–H and O–H groups in total. The molecular formula is C22H24N2O4S. The summed E-state index contributed by atoms with van der Waals surface area (Å²) < 4.78 is 10.5. The normalized spacial score (nSPS) is 14.2. The van der Waals surface area contributed by atoms with Gasteiger partial charge >= 0.3 is 5.97 Å². The van der Waals surface area contributed by atoms with Crippen LogP contribution in [0.4, 0.5) is 0 Å². The summed E-state index contributed by atoms with van der Waals surface area (Å²) in [6.07, 6.45) is 1.73. The number of rotatable bonds is 6. The van der Waals surface area contributed by atoms with Crippen LogP contribution in [0.25, 0.3) is 10.4 Å². The molecule has 0 saturated carbocycles. The highest BCUT2D eigenvalue weighted by molar-refractivity contribution is 7.17. The summed E-state index contributed by atoms with van der Waals surface area (Å²) in [5.41, 5.74) is 2.41. The SMILES string of the molecule is COc1ccc2c(c1)CCc1cc(C(=O)OCC(=O)N[C@](C)(C#N)C(C)C)sc1-2. The zero-order valence-electron chi connectivity index (χ0n) is 17.0. The maximum atomic E-state index is 12.5. The van der Waals surface area contributed by atoms with Crippen LogP contribution in [0.15, 0.2) is 24.3 Å². The van der Waals surface area contributed by atoms with Gasteiger partial charge in [-0.1, -0.05) is 13.8 Å². The van der Waals surface area contributed by atoms with E-state index in [2.05, 4.69) is 11.4 Å². The largest absolute Gasteiger partial charge is 0.497 e. The zero-order chi connectivity index (χ0) is 21.2. The number of fused-ring (bicyclic) bond motifs is 3. The fourth-order valence-electron chi connectivity index (χ4n) is 3.17. The molecule has 0 radical (unpaired) electrons. The molecule has 29 heavy (non-hydrogen) atoms. The van der Waals surface area contributed by atoms with Crippen LogP contribution in [-0.2, 0) is 22.4 Å². The minimum Gasteiger partial charge on any atom is -0.497 e. The number of ether oxygens (including phenoxy) is 2. The van der Waals surface area contributed by atoms with Crippen molar-refractivity contribution in [2.45, 2.75) is 39.2 Å². The molecule has 0 fully saturated rings. The highest BCUT2D eigenvalue weighted by atomic mass is 32.1. The van der Waals surface area contributed by atoms with E-state index in [1.165, 1.54) is 16.9 Å². The number of carbonyl (C=O) groups is 2. The van der Waals surface area contributed by atoms with E-state index >= 15 is 0 Å². The van der Waals surface area contributed by atoms with Crippen LogP contribution in [0.3, 0.4) is 0 Å². The molecule has 0 unspecified atom stereocenters. The third-order valence-corrected chi connectivity index (χ3v) is 6.54. The van der Waals surface area contributed by atoms with Crippen LogP contribution in [0, 0.1) is 17.2 Å². The maximum absolute atomic E-state index is 12.5. The van der Waals surface area contributed by atoms with Crippen LogP contribution in [0.1, 0.15) is 41.6 Å². The monoisotopic (exact) mass is 412 g/mol. The van der Waals surface area contributed by atoms with Gasteiger partial charge in [0.25, 0.3) is 5.91 Å². The number of nitrogens with zero attached hydrogens (tertiary/aromatic N) is 1. The molecule has 0 spiro atoms. The van der Waals surface area contributed by atoms with Crippen molar-refractivity contribution in [1.29, 1.82) is 5.26 Å². The number of thiophene rings is 1. The molecule has 1 amide bonds. The lowest BCUT2D eigenvalue weighted by Gasteiger charge is -2.27. The second kappa shape index (κ2) is 8.26. The smallest absolute Gasteiger partial charge is 0.348 e. The molecule has 0 saturated heterocycles. The van der Waals surface area contributed by atoms with E-state index in [1.807, 2.05) is 38.1 Å². The summed E-state index contributed by atoms with van der Waals surface area (Å²) in [6, 6.07) is 9.90. The van der Waals surface area contributed by atoms with Crippen molar-refractivity contribution < 1.29 is 19.1 Å². The van der Waals surface area contributed by atoms with Gasteiger partial charge in [-0.15, -0.1) is 11.3 Å². The van der Waals surface area contributed by atoms with Gasteiger partial charge < -0.3 is 14.8 Å². The lowest BCUT2D eigenvalue weighted by Crippen LogP contribution is -2.50. The van der Waals surface area contributed by atoms with Gasteiger partial charge in [0.15, 0.2) is 6.61 Å². The number of nitrogens with one attached hydrogen (secondary N) is 1. The molecule has 1 atom stereocenters. The fourth-order valence-corrected chi connectivity index (χ4v) is 4.33. The van der Waals surface area contributed by atoms with E-state index in [0.29, 0.717) is 4.88 Å². The Labute approximate surface area is 174 Å². The molecule has 1 heterocycles. The summed E-state index contributed by atoms with van der Waals surface area (Å²) in [4.78, 5) is 26.1. The quantitative estimate of drug-likeness (QED) is 0.730. The third-order valence-electron chi connectivity index (χ3n) is 5.35.